The van der Waals surface area contributed by atoms with Gasteiger partial charge in [0.15, 0.2) is 0 Å². The Morgan fingerprint density at radius 1 is 1.10 bits per heavy atom. The Hall–Kier alpha value is -3.59. The lowest BCUT2D eigenvalue weighted by Crippen LogP contribution is -2.14. The van der Waals surface area contributed by atoms with Gasteiger partial charge in [-0.05, 0) is 35.6 Å². The molecule has 0 heterocycles. The van der Waals surface area contributed by atoms with E-state index in [1.807, 2.05) is 50.2 Å². The molecule has 0 saturated heterocycles. The summed E-state index contributed by atoms with van der Waals surface area (Å²) in [6.07, 6.45) is 1.91. The maximum absolute atomic E-state index is 12.7. The number of nitriles is 1. The molecule has 2 unspecified atom stereocenters. The second-order valence-electron chi connectivity index (χ2n) is 7.64. The summed E-state index contributed by atoms with van der Waals surface area (Å²) in [7, 11) is 1.30. The van der Waals surface area contributed by atoms with Gasteiger partial charge in [-0.1, -0.05) is 50.3 Å². The molecule has 0 aliphatic heterocycles. The largest absolute Gasteiger partial charge is 0.466 e. The third-order valence-corrected chi connectivity index (χ3v) is 5.30. The lowest BCUT2D eigenvalue weighted by Gasteiger charge is -2.13. The molecule has 30 heavy (non-hydrogen) atoms. The van der Waals surface area contributed by atoms with Crippen LogP contribution in [-0.2, 0) is 19.1 Å². The molecule has 1 aliphatic rings. The molecule has 6 nitrogen and oxygen atoms in total. The summed E-state index contributed by atoms with van der Waals surface area (Å²) in [5, 5.41) is 9.57. The van der Waals surface area contributed by atoms with Crippen LogP contribution in [0.3, 0.4) is 0 Å². The maximum Gasteiger partial charge on any atom is 0.330 e. The zero-order valence-electron chi connectivity index (χ0n) is 17.1. The molecule has 0 amide bonds. The number of carbonyl (C=O) groups is 2. The van der Waals surface area contributed by atoms with E-state index in [0.29, 0.717) is 17.1 Å². The van der Waals surface area contributed by atoms with Crippen molar-refractivity contribution >= 4 is 11.9 Å². The zero-order chi connectivity index (χ0) is 21.7. The fourth-order valence-corrected chi connectivity index (χ4v) is 3.46. The van der Waals surface area contributed by atoms with Gasteiger partial charge in [0.05, 0.1) is 13.0 Å². The van der Waals surface area contributed by atoms with Crippen molar-refractivity contribution in [3.63, 3.8) is 0 Å². The number of nitrogens with zero attached hydrogens (tertiary/aromatic N) is 1. The molecule has 2 aromatic rings. The van der Waals surface area contributed by atoms with Gasteiger partial charge in [0, 0.05) is 11.6 Å². The summed E-state index contributed by atoms with van der Waals surface area (Å²) in [6.45, 7) is 3.84. The fraction of sp³-hybridized carbons (Fsp3) is 0.292. The molecule has 1 saturated carbocycles. The summed E-state index contributed by atoms with van der Waals surface area (Å²) < 4.78 is 15.9. The van der Waals surface area contributed by atoms with Gasteiger partial charge in [0.25, 0.3) is 0 Å². The average Bonchev–Trinajstić information content (AvgIpc) is 3.31. The highest BCUT2D eigenvalue weighted by molar-refractivity contribution is 5.83. The molecule has 0 radical (unpaired) electrons. The number of hydrogen-bond acceptors (Lipinski definition) is 6. The van der Waals surface area contributed by atoms with Crippen molar-refractivity contribution in [3.8, 4) is 17.6 Å². The molecule has 0 spiro atoms. The smallest absolute Gasteiger partial charge is 0.330 e. The van der Waals surface area contributed by atoms with Crippen molar-refractivity contribution < 1.29 is 23.8 Å². The van der Waals surface area contributed by atoms with Gasteiger partial charge in [0.1, 0.15) is 17.6 Å². The van der Waals surface area contributed by atoms with E-state index in [0.717, 1.165) is 0 Å². The molecular formula is C24H23NO5. The fourth-order valence-electron chi connectivity index (χ4n) is 3.46. The van der Waals surface area contributed by atoms with Crippen molar-refractivity contribution in [1.29, 1.82) is 5.26 Å². The number of benzene rings is 2. The average molecular weight is 405 g/mol. The lowest BCUT2D eigenvalue weighted by molar-refractivity contribution is -0.149. The Labute approximate surface area is 175 Å². The number of methoxy groups -OCH3 is 1. The molecule has 0 bridgehead atoms. The van der Waals surface area contributed by atoms with Crippen LogP contribution in [0.15, 0.2) is 66.7 Å². The summed E-state index contributed by atoms with van der Waals surface area (Å²) in [5.41, 5.74) is 0.166. The quantitative estimate of drug-likeness (QED) is 0.495. The molecule has 6 heteroatoms. The molecule has 1 fully saturated rings. The molecule has 154 valence electrons. The maximum atomic E-state index is 12.7. The van der Waals surface area contributed by atoms with E-state index in [1.165, 1.54) is 13.2 Å². The van der Waals surface area contributed by atoms with E-state index in [9.17, 15) is 14.9 Å². The summed E-state index contributed by atoms with van der Waals surface area (Å²) >= 11 is 0. The van der Waals surface area contributed by atoms with Crippen LogP contribution in [0.1, 0.15) is 25.5 Å². The minimum absolute atomic E-state index is 0.156. The van der Waals surface area contributed by atoms with E-state index in [1.54, 1.807) is 30.3 Å². The van der Waals surface area contributed by atoms with E-state index < -0.39 is 24.0 Å². The van der Waals surface area contributed by atoms with Gasteiger partial charge in [-0.3, -0.25) is 4.79 Å². The van der Waals surface area contributed by atoms with Gasteiger partial charge in [0.2, 0.25) is 6.10 Å². The van der Waals surface area contributed by atoms with Crippen LogP contribution in [0.2, 0.25) is 0 Å². The van der Waals surface area contributed by atoms with Crippen molar-refractivity contribution in [2.75, 3.05) is 7.11 Å². The molecule has 3 rings (SSSR count). The number of esters is 2. The molecule has 3 atom stereocenters. The first-order valence-corrected chi connectivity index (χ1v) is 9.56. The summed E-state index contributed by atoms with van der Waals surface area (Å²) in [5.74, 6) is -0.328. The van der Waals surface area contributed by atoms with Crippen molar-refractivity contribution in [2.24, 2.45) is 17.3 Å². The number of carbonyl (C=O) groups excluding carboxylic acids is 2. The Balaban J connectivity index is 1.69. The third kappa shape index (κ3) is 4.69. The first kappa shape index (κ1) is 21.1. The number of ether oxygens (including phenoxy) is 3. The Bertz CT molecular complexity index is 990. The molecule has 0 aromatic heterocycles. The van der Waals surface area contributed by atoms with Crippen molar-refractivity contribution in [1.82, 2.24) is 0 Å². The van der Waals surface area contributed by atoms with Crippen molar-refractivity contribution in [3.05, 3.63) is 72.3 Å². The van der Waals surface area contributed by atoms with Gasteiger partial charge in [-0.15, -0.1) is 0 Å². The predicted molar refractivity (Wildman–Crippen MR) is 109 cm³/mol. The van der Waals surface area contributed by atoms with Crippen LogP contribution in [0.5, 0.6) is 11.5 Å². The minimum Gasteiger partial charge on any atom is -0.466 e. The van der Waals surface area contributed by atoms with E-state index in [2.05, 4.69) is 4.74 Å². The van der Waals surface area contributed by atoms with Crippen molar-refractivity contribution in [2.45, 2.75) is 20.0 Å². The van der Waals surface area contributed by atoms with E-state index in [-0.39, 0.29) is 11.3 Å². The van der Waals surface area contributed by atoms with E-state index in [4.69, 9.17) is 9.47 Å². The van der Waals surface area contributed by atoms with Crippen LogP contribution < -0.4 is 4.74 Å². The van der Waals surface area contributed by atoms with Crippen LogP contribution >= 0.6 is 0 Å². The zero-order valence-corrected chi connectivity index (χ0v) is 17.1. The number of allylic oxidation sites excluding steroid dienone is 1. The summed E-state index contributed by atoms with van der Waals surface area (Å²) in [4.78, 5) is 24.0. The Morgan fingerprint density at radius 3 is 2.47 bits per heavy atom. The van der Waals surface area contributed by atoms with Gasteiger partial charge < -0.3 is 14.2 Å². The molecular weight excluding hydrogens is 382 g/mol. The van der Waals surface area contributed by atoms with Crippen LogP contribution in [-0.4, -0.2) is 19.0 Å². The van der Waals surface area contributed by atoms with Gasteiger partial charge >= 0.3 is 11.9 Å². The third-order valence-electron chi connectivity index (χ3n) is 5.30. The normalized spacial score (nSPS) is 20.1. The van der Waals surface area contributed by atoms with E-state index >= 15 is 0 Å². The highest BCUT2D eigenvalue weighted by atomic mass is 16.5. The number of hydrogen-bond donors (Lipinski definition) is 0. The Morgan fingerprint density at radius 2 is 1.80 bits per heavy atom. The predicted octanol–water partition coefficient (Wildman–Crippen LogP) is 4.59. The number of para-hydroxylation sites is 1. The van der Waals surface area contributed by atoms with Gasteiger partial charge in [-0.25, -0.2) is 4.79 Å². The second-order valence-corrected chi connectivity index (χ2v) is 7.64. The second kappa shape index (κ2) is 8.83. The van der Waals surface area contributed by atoms with Crippen LogP contribution in [0.25, 0.3) is 0 Å². The summed E-state index contributed by atoms with van der Waals surface area (Å²) in [6, 6.07) is 18.2. The first-order valence-electron chi connectivity index (χ1n) is 9.56. The standard InChI is InChI=1S/C24H23NO5/c1-24(2)19(12-13-21(26)28-3)22(24)23(27)30-20(15-25)16-8-7-11-18(14-16)29-17-9-5-4-6-10-17/h4-14,19-20,22H,1-3H3/b13-12-/t19?,20-,22?/m1/s1. The Kier molecular flexibility index (Phi) is 6.22. The highest BCUT2D eigenvalue weighted by Crippen LogP contribution is 2.59. The highest BCUT2D eigenvalue weighted by Gasteiger charge is 2.61. The van der Waals surface area contributed by atoms with Crippen LogP contribution in [0.4, 0.5) is 0 Å². The molecule has 1 aliphatic carbocycles. The SMILES string of the molecule is COC(=O)/C=C\C1C(C(=O)O[C@H](C#N)c2cccc(Oc3ccccc3)c2)C1(C)C. The topological polar surface area (TPSA) is 85.6 Å². The minimum atomic E-state index is -1.06. The molecule has 0 N–H and O–H groups in total. The van der Waals surface area contributed by atoms with Crippen LogP contribution in [0, 0.1) is 28.6 Å². The molecule has 2 aromatic carbocycles. The first-order chi connectivity index (χ1) is 14.4. The van der Waals surface area contributed by atoms with Gasteiger partial charge in [-0.2, -0.15) is 5.26 Å². The number of rotatable bonds is 7. The monoisotopic (exact) mass is 405 g/mol. The lowest BCUT2D eigenvalue weighted by atomic mass is 10.1.